The van der Waals surface area contributed by atoms with Gasteiger partial charge in [0.15, 0.2) is 0 Å². The van der Waals surface area contributed by atoms with Crippen molar-refractivity contribution in [3.8, 4) is 0 Å². The summed E-state index contributed by atoms with van der Waals surface area (Å²) >= 11 is 0. The molecule has 0 aliphatic carbocycles. The Morgan fingerprint density at radius 1 is 0.317 bits per heavy atom. The highest BCUT2D eigenvalue weighted by Gasteiger charge is 2.28. The number of unbranched alkanes of at least 4 members (excludes halogenated alkanes) is 30. The third-order valence-electron chi connectivity index (χ3n) is 9.76. The van der Waals surface area contributed by atoms with Gasteiger partial charge in [0.25, 0.3) is 0 Å². The largest absolute Gasteiger partial charge is 0.217 e. The number of quaternary nitrogens is 1. The van der Waals surface area contributed by atoms with Crippen molar-refractivity contribution in [1.82, 2.24) is 0 Å². The van der Waals surface area contributed by atoms with Crippen molar-refractivity contribution in [3.63, 3.8) is 0 Å². The number of rotatable bonds is 35. The fourth-order valence-corrected chi connectivity index (χ4v) is 6.50. The van der Waals surface area contributed by atoms with Crippen molar-refractivity contribution in [2.24, 2.45) is 0 Å². The van der Waals surface area contributed by atoms with Crippen LogP contribution < -0.4 is 0 Å². The summed E-state index contributed by atoms with van der Waals surface area (Å²) in [7, 11) is 0. The number of nitrogens with zero attached hydrogens (tertiary/aromatic N) is 1. The van der Waals surface area contributed by atoms with Crippen LogP contribution in [0.25, 0.3) is 0 Å². The second kappa shape index (κ2) is 32.8. The van der Waals surface area contributed by atoms with Crippen LogP contribution in [0.15, 0.2) is 0 Å². The summed E-state index contributed by atoms with van der Waals surface area (Å²) in [6, 6.07) is 0.322. The zero-order valence-corrected chi connectivity index (χ0v) is 29.5. The van der Waals surface area contributed by atoms with Gasteiger partial charge in [-0.1, -0.05) is 194 Å². The molecule has 0 radical (unpaired) electrons. The first-order valence-electron chi connectivity index (χ1n) is 19.7. The molecular weight excluding hydrogens is 498 g/mol. The molecule has 0 saturated heterocycles. The van der Waals surface area contributed by atoms with Crippen LogP contribution in [0.5, 0.6) is 0 Å². The van der Waals surface area contributed by atoms with E-state index in [1.54, 1.807) is 0 Å². The van der Waals surface area contributed by atoms with Crippen molar-refractivity contribution in [3.05, 3.63) is 0 Å². The lowest BCUT2D eigenvalue weighted by Gasteiger charge is -2.34. The Labute approximate surface area is 261 Å². The third-order valence-corrected chi connectivity index (χ3v) is 9.76. The molecule has 0 aromatic carbocycles. The summed E-state index contributed by atoms with van der Waals surface area (Å²) in [6.45, 7) is 10.9. The zero-order valence-electron chi connectivity index (χ0n) is 29.5. The van der Waals surface area contributed by atoms with Gasteiger partial charge in [0.1, 0.15) is 19.1 Å². The van der Waals surface area contributed by atoms with Gasteiger partial charge in [0, 0.05) is 0 Å². The summed E-state index contributed by atoms with van der Waals surface area (Å²) in [5.41, 5.74) is 0. The first-order chi connectivity index (χ1) is 20.1. The molecule has 2 nitrogen and oxygen atoms in total. The molecule has 2 heteroatoms. The molecule has 0 atom stereocenters. The van der Waals surface area contributed by atoms with Gasteiger partial charge < -0.3 is 0 Å². The average molecular weight is 581 g/mol. The maximum atomic E-state index is 11.3. The summed E-state index contributed by atoms with van der Waals surface area (Å²) < 4.78 is 0.303. The third kappa shape index (κ3) is 29.8. The highest BCUT2D eigenvalue weighted by Crippen LogP contribution is 2.18. The second-order valence-electron chi connectivity index (χ2n) is 14.1. The molecule has 248 valence electrons. The Morgan fingerprint density at radius 3 is 0.659 bits per heavy atom. The van der Waals surface area contributed by atoms with Gasteiger partial charge in [0.2, 0.25) is 0 Å². The van der Waals surface area contributed by atoms with E-state index in [1.807, 2.05) is 0 Å². The predicted octanol–water partition coefficient (Wildman–Crippen LogP) is 14.1. The van der Waals surface area contributed by atoms with Gasteiger partial charge in [-0.05, 0) is 39.5 Å². The Morgan fingerprint density at radius 2 is 0.488 bits per heavy atom. The quantitative estimate of drug-likeness (QED) is 0.0449. The average Bonchev–Trinajstić information content (AvgIpc) is 2.96. The smallest absolute Gasteiger partial charge is 0.113 e. The lowest BCUT2D eigenvalue weighted by Crippen LogP contribution is -2.51. The Hall–Kier alpha value is -0.0800. The SMILES string of the molecule is CCCCCCCCCCCCCCCCCC[N+](O)(CCCCCCCCCCCCCCCCCC)C(C)C. The van der Waals surface area contributed by atoms with Gasteiger partial charge >= 0.3 is 0 Å². The highest BCUT2D eigenvalue weighted by atomic mass is 16.5. The lowest BCUT2D eigenvalue weighted by atomic mass is 10.0. The number of hydrogen-bond donors (Lipinski definition) is 1. The molecule has 0 unspecified atom stereocenters. The Kier molecular flexibility index (Phi) is 32.8. The summed E-state index contributed by atoms with van der Waals surface area (Å²) in [5.74, 6) is 0. The molecule has 0 aromatic heterocycles. The second-order valence-corrected chi connectivity index (χ2v) is 14.1. The van der Waals surface area contributed by atoms with E-state index < -0.39 is 0 Å². The van der Waals surface area contributed by atoms with Gasteiger partial charge in [0.05, 0.1) is 0 Å². The molecule has 41 heavy (non-hydrogen) atoms. The predicted molar refractivity (Wildman–Crippen MR) is 186 cm³/mol. The number of hydroxylamine groups is 3. The van der Waals surface area contributed by atoms with Crippen LogP contribution in [0.4, 0.5) is 0 Å². The summed E-state index contributed by atoms with van der Waals surface area (Å²) in [4.78, 5) is 0. The molecular formula is C39H82NO+. The van der Waals surface area contributed by atoms with E-state index in [2.05, 4.69) is 27.7 Å². The Bertz CT molecular complexity index is 440. The standard InChI is InChI=1S/C39H82NO/c1-5-7-9-11-13-15-17-19-21-23-25-27-29-31-33-35-37-40(41,39(3)4)38-36-34-32-30-28-26-24-22-20-18-16-14-12-10-8-6-2/h39,41H,5-38H2,1-4H3/q+1. The van der Waals surface area contributed by atoms with Crippen molar-refractivity contribution in [1.29, 1.82) is 0 Å². The molecule has 1 N–H and O–H groups in total. The van der Waals surface area contributed by atoms with Crippen LogP contribution >= 0.6 is 0 Å². The molecule has 0 heterocycles. The van der Waals surface area contributed by atoms with E-state index in [4.69, 9.17) is 0 Å². The molecule has 0 fully saturated rings. The lowest BCUT2D eigenvalue weighted by molar-refractivity contribution is -1.12. The summed E-state index contributed by atoms with van der Waals surface area (Å²) in [6.07, 6.45) is 45.0. The fourth-order valence-electron chi connectivity index (χ4n) is 6.50. The van der Waals surface area contributed by atoms with Crippen LogP contribution in [-0.2, 0) is 0 Å². The minimum atomic E-state index is 0.303. The topological polar surface area (TPSA) is 20.2 Å². The van der Waals surface area contributed by atoms with Gasteiger partial charge in [-0.3, -0.25) is 0 Å². The van der Waals surface area contributed by atoms with Crippen LogP contribution in [-0.4, -0.2) is 29.0 Å². The normalized spacial score (nSPS) is 12.1. The van der Waals surface area contributed by atoms with Gasteiger partial charge in [-0.2, -0.15) is 4.65 Å². The van der Waals surface area contributed by atoms with Crippen molar-refractivity contribution >= 4 is 0 Å². The molecule has 0 amide bonds. The van der Waals surface area contributed by atoms with Crippen LogP contribution in [0.1, 0.15) is 233 Å². The maximum Gasteiger partial charge on any atom is 0.113 e. The first kappa shape index (κ1) is 40.9. The van der Waals surface area contributed by atoms with E-state index in [9.17, 15) is 5.21 Å². The van der Waals surface area contributed by atoms with Crippen molar-refractivity contribution < 1.29 is 9.85 Å². The monoisotopic (exact) mass is 581 g/mol. The van der Waals surface area contributed by atoms with Crippen LogP contribution in [0, 0.1) is 0 Å². The fraction of sp³-hybridized carbons (Fsp3) is 1.00. The van der Waals surface area contributed by atoms with Gasteiger partial charge in [-0.25, -0.2) is 5.21 Å². The molecule has 0 bridgehead atoms. The minimum Gasteiger partial charge on any atom is -0.217 e. The van der Waals surface area contributed by atoms with E-state index in [0.717, 1.165) is 13.1 Å². The van der Waals surface area contributed by atoms with E-state index >= 15 is 0 Å². The molecule has 0 aromatic rings. The maximum absolute atomic E-state index is 11.3. The van der Waals surface area contributed by atoms with E-state index in [0.29, 0.717) is 10.7 Å². The number of hydrogen-bond acceptors (Lipinski definition) is 1. The first-order valence-corrected chi connectivity index (χ1v) is 19.7. The van der Waals surface area contributed by atoms with Crippen molar-refractivity contribution in [2.45, 2.75) is 239 Å². The van der Waals surface area contributed by atoms with Crippen LogP contribution in [0.3, 0.4) is 0 Å². The molecule has 0 aliphatic heterocycles. The van der Waals surface area contributed by atoms with Gasteiger partial charge in [-0.15, -0.1) is 0 Å². The highest BCUT2D eigenvalue weighted by molar-refractivity contribution is 4.53. The van der Waals surface area contributed by atoms with Crippen LogP contribution in [0.2, 0.25) is 0 Å². The zero-order chi connectivity index (χ0) is 30.1. The minimum absolute atomic E-state index is 0.303. The van der Waals surface area contributed by atoms with E-state index in [-0.39, 0.29) is 0 Å². The summed E-state index contributed by atoms with van der Waals surface area (Å²) in [5, 5.41) is 11.3. The van der Waals surface area contributed by atoms with E-state index in [1.165, 1.54) is 205 Å². The van der Waals surface area contributed by atoms with Crippen molar-refractivity contribution in [2.75, 3.05) is 13.1 Å². The molecule has 0 rings (SSSR count). The Balaban J connectivity index is 3.50. The molecule has 0 saturated carbocycles. The molecule has 0 aliphatic rings. The molecule has 0 spiro atoms.